The molecule has 0 spiro atoms. The van der Waals surface area contributed by atoms with Gasteiger partial charge >= 0.3 is 0 Å². The zero-order valence-electron chi connectivity index (χ0n) is 11.7. The third-order valence-corrected chi connectivity index (χ3v) is 13.0. The van der Waals surface area contributed by atoms with Crippen LogP contribution in [0.3, 0.4) is 0 Å². The lowest BCUT2D eigenvalue weighted by molar-refractivity contribution is 1.60. The molecule has 0 saturated heterocycles. The van der Waals surface area contributed by atoms with Gasteiger partial charge in [-0.2, -0.15) is 12.6 Å². The van der Waals surface area contributed by atoms with Crippen molar-refractivity contribution in [3.63, 3.8) is 0 Å². The molecular formula is C16H21PSSi. The van der Waals surface area contributed by atoms with E-state index >= 15 is 0 Å². The number of benzene rings is 2. The number of thiol groups is 1. The van der Waals surface area contributed by atoms with E-state index in [1.807, 2.05) is 0 Å². The standard InChI is InChI=1S/C16H21PSSi/c1-19(2,3)16(18)17(14-10-6-4-7-11-14)15-12-8-5-9-13-15/h4-13,16,18H,1-3H3. The Morgan fingerprint density at radius 3 is 1.47 bits per heavy atom. The van der Waals surface area contributed by atoms with E-state index in [9.17, 15) is 0 Å². The van der Waals surface area contributed by atoms with Gasteiger partial charge in [0.05, 0.1) is 8.07 Å². The summed E-state index contributed by atoms with van der Waals surface area (Å²) in [5.74, 6) is 0. The second-order valence-corrected chi connectivity index (χ2v) is 15.3. The van der Waals surface area contributed by atoms with Crippen LogP contribution in [-0.2, 0) is 0 Å². The molecule has 0 aromatic heterocycles. The van der Waals surface area contributed by atoms with Gasteiger partial charge in [-0.05, 0) is 18.5 Å². The predicted octanol–water partition coefficient (Wildman–Crippen LogP) is 4.25. The molecule has 0 saturated carbocycles. The van der Waals surface area contributed by atoms with Crippen molar-refractivity contribution in [1.29, 1.82) is 0 Å². The van der Waals surface area contributed by atoms with Crippen molar-refractivity contribution in [3.05, 3.63) is 60.7 Å². The van der Waals surface area contributed by atoms with Gasteiger partial charge in [0.15, 0.2) is 0 Å². The Morgan fingerprint density at radius 2 is 1.16 bits per heavy atom. The van der Waals surface area contributed by atoms with Crippen LogP contribution in [-0.4, -0.2) is 12.7 Å². The Kier molecular flexibility index (Phi) is 4.89. The van der Waals surface area contributed by atoms with Crippen LogP contribution < -0.4 is 10.6 Å². The maximum absolute atomic E-state index is 5.02. The van der Waals surface area contributed by atoms with Gasteiger partial charge in [0.2, 0.25) is 0 Å². The first kappa shape index (κ1) is 14.8. The molecule has 0 aliphatic rings. The maximum atomic E-state index is 5.02. The second-order valence-electron chi connectivity index (χ2n) is 5.78. The summed E-state index contributed by atoms with van der Waals surface area (Å²) in [6, 6.07) is 21.7. The zero-order valence-corrected chi connectivity index (χ0v) is 14.5. The van der Waals surface area contributed by atoms with Crippen molar-refractivity contribution >= 4 is 39.2 Å². The van der Waals surface area contributed by atoms with E-state index in [0.717, 1.165) is 0 Å². The number of hydrogen-bond acceptors (Lipinski definition) is 1. The first-order valence-electron chi connectivity index (χ1n) is 6.57. The van der Waals surface area contributed by atoms with Crippen LogP contribution in [0.4, 0.5) is 0 Å². The van der Waals surface area contributed by atoms with Gasteiger partial charge in [-0.25, -0.2) is 0 Å². The minimum Gasteiger partial charge on any atom is -0.174 e. The van der Waals surface area contributed by atoms with E-state index in [1.54, 1.807) is 0 Å². The van der Waals surface area contributed by atoms with Gasteiger partial charge in [0, 0.05) is 4.61 Å². The lowest BCUT2D eigenvalue weighted by Crippen LogP contribution is -2.37. The molecule has 19 heavy (non-hydrogen) atoms. The fourth-order valence-electron chi connectivity index (χ4n) is 2.00. The van der Waals surface area contributed by atoms with Crippen LogP contribution in [0.1, 0.15) is 0 Å². The molecule has 0 nitrogen and oxygen atoms in total. The van der Waals surface area contributed by atoms with Crippen molar-refractivity contribution in [2.45, 2.75) is 24.3 Å². The van der Waals surface area contributed by atoms with Crippen molar-refractivity contribution in [1.82, 2.24) is 0 Å². The van der Waals surface area contributed by atoms with Crippen molar-refractivity contribution in [2.24, 2.45) is 0 Å². The summed E-state index contributed by atoms with van der Waals surface area (Å²) in [5.41, 5.74) is 0. The maximum Gasteiger partial charge on any atom is 0.0646 e. The molecule has 0 heterocycles. The number of hydrogen-bond donors (Lipinski definition) is 1. The van der Waals surface area contributed by atoms with E-state index in [-0.39, 0.29) is 7.92 Å². The molecule has 3 heteroatoms. The summed E-state index contributed by atoms with van der Waals surface area (Å²) in [6.45, 7) is 7.23. The summed E-state index contributed by atoms with van der Waals surface area (Å²) in [4.78, 5) is 0. The Morgan fingerprint density at radius 1 is 0.789 bits per heavy atom. The summed E-state index contributed by atoms with van der Waals surface area (Å²) in [7, 11) is -1.67. The molecule has 1 unspecified atom stereocenters. The monoisotopic (exact) mass is 304 g/mol. The third-order valence-electron chi connectivity index (χ3n) is 3.09. The topological polar surface area (TPSA) is 0 Å². The molecule has 0 fully saturated rings. The SMILES string of the molecule is C[Si](C)(C)C(S)P(c1ccccc1)c1ccccc1. The van der Waals surface area contributed by atoms with Crippen LogP contribution in [0.15, 0.2) is 60.7 Å². The van der Waals surface area contributed by atoms with E-state index in [1.165, 1.54) is 10.6 Å². The minimum atomic E-state index is -1.30. The van der Waals surface area contributed by atoms with Gasteiger partial charge in [0.1, 0.15) is 0 Å². The van der Waals surface area contributed by atoms with Crippen LogP contribution in [0.5, 0.6) is 0 Å². The van der Waals surface area contributed by atoms with E-state index < -0.39 is 8.07 Å². The highest BCUT2D eigenvalue weighted by molar-refractivity contribution is 7.97. The lowest BCUT2D eigenvalue weighted by Gasteiger charge is -2.33. The van der Waals surface area contributed by atoms with E-state index in [4.69, 9.17) is 12.6 Å². The quantitative estimate of drug-likeness (QED) is 0.487. The molecule has 2 aromatic rings. The van der Waals surface area contributed by atoms with Crippen LogP contribution >= 0.6 is 20.6 Å². The van der Waals surface area contributed by atoms with Crippen LogP contribution in [0.25, 0.3) is 0 Å². The average molecular weight is 304 g/mol. The lowest BCUT2D eigenvalue weighted by atomic mass is 10.4. The van der Waals surface area contributed by atoms with Gasteiger partial charge in [0.25, 0.3) is 0 Å². The first-order valence-corrected chi connectivity index (χ1v) is 12.1. The molecule has 1 atom stereocenters. The predicted molar refractivity (Wildman–Crippen MR) is 95.2 cm³/mol. The van der Waals surface area contributed by atoms with Crippen molar-refractivity contribution in [2.75, 3.05) is 0 Å². The molecule has 0 N–H and O–H groups in total. The molecule has 2 rings (SSSR count). The van der Waals surface area contributed by atoms with Gasteiger partial charge in [-0.3, -0.25) is 0 Å². The Bertz CT molecular complexity index is 468. The minimum absolute atomic E-state index is 0.374. The smallest absolute Gasteiger partial charge is 0.0646 e. The fraction of sp³-hybridized carbons (Fsp3) is 0.250. The zero-order chi connectivity index (χ0) is 13.9. The highest BCUT2D eigenvalue weighted by Gasteiger charge is 2.32. The highest BCUT2D eigenvalue weighted by atomic mass is 32.1. The molecule has 100 valence electrons. The largest absolute Gasteiger partial charge is 0.174 e. The molecule has 2 aromatic carbocycles. The molecular weight excluding hydrogens is 283 g/mol. The molecule has 0 amide bonds. The Balaban J connectivity index is 2.46. The van der Waals surface area contributed by atoms with Gasteiger partial charge in [-0.15, -0.1) is 0 Å². The van der Waals surface area contributed by atoms with Crippen LogP contribution in [0.2, 0.25) is 19.6 Å². The summed E-state index contributed by atoms with van der Waals surface area (Å²) in [5, 5.41) is 2.87. The second kappa shape index (κ2) is 6.26. The van der Waals surface area contributed by atoms with Crippen LogP contribution in [0, 0.1) is 0 Å². The normalized spacial score (nSPS) is 13.5. The van der Waals surface area contributed by atoms with E-state index in [0.29, 0.717) is 4.61 Å². The summed E-state index contributed by atoms with van der Waals surface area (Å²) >= 11 is 5.02. The first-order chi connectivity index (χ1) is 9.00. The fourth-order valence-corrected chi connectivity index (χ4v) is 8.64. The average Bonchev–Trinajstić information content (AvgIpc) is 2.40. The third kappa shape index (κ3) is 3.72. The van der Waals surface area contributed by atoms with Crippen molar-refractivity contribution in [3.8, 4) is 0 Å². The number of rotatable bonds is 4. The Hall–Kier alpha value is -0.563. The summed E-state index contributed by atoms with van der Waals surface area (Å²) in [6.07, 6.45) is 0. The highest BCUT2D eigenvalue weighted by Crippen LogP contribution is 2.45. The molecule has 0 aliphatic heterocycles. The summed E-state index contributed by atoms with van der Waals surface area (Å²) < 4.78 is 0.479. The Labute approximate surface area is 124 Å². The molecule has 0 bridgehead atoms. The van der Waals surface area contributed by atoms with Gasteiger partial charge in [-0.1, -0.05) is 80.3 Å². The van der Waals surface area contributed by atoms with Crippen molar-refractivity contribution < 1.29 is 0 Å². The molecule has 0 radical (unpaired) electrons. The van der Waals surface area contributed by atoms with E-state index in [2.05, 4.69) is 80.3 Å². The molecule has 0 aliphatic carbocycles. The van der Waals surface area contributed by atoms with Gasteiger partial charge < -0.3 is 0 Å².